The molecule has 0 aliphatic heterocycles. The Morgan fingerprint density at radius 3 is 2.62 bits per heavy atom. The van der Waals surface area contributed by atoms with Crippen LogP contribution in [0.5, 0.6) is 0 Å². The summed E-state index contributed by atoms with van der Waals surface area (Å²) in [6.07, 6.45) is 0.105. The minimum absolute atomic E-state index is 0.105. The Bertz CT molecular complexity index is 410. The Balaban J connectivity index is 2.92. The fourth-order valence-electron chi connectivity index (χ4n) is 1.23. The quantitative estimate of drug-likeness (QED) is 0.627. The van der Waals surface area contributed by atoms with E-state index in [1.165, 1.54) is 29.1 Å². The monoisotopic (exact) mass is 341 g/mol. The van der Waals surface area contributed by atoms with Crippen LogP contribution in [-0.4, -0.2) is 11.0 Å². The molecule has 0 unspecified atom stereocenters. The zero-order valence-corrected chi connectivity index (χ0v) is 10.9. The molecule has 0 amide bonds. The van der Waals surface area contributed by atoms with Crippen LogP contribution in [0.1, 0.15) is 19.4 Å². The van der Waals surface area contributed by atoms with Gasteiger partial charge in [-0.1, -0.05) is 0 Å². The predicted molar refractivity (Wildman–Crippen MR) is 61.8 cm³/mol. The average Bonchev–Trinajstić information content (AvgIpc) is 2.21. The summed E-state index contributed by atoms with van der Waals surface area (Å²) in [6, 6.07) is 2.34. The van der Waals surface area contributed by atoms with E-state index in [0.29, 0.717) is 0 Å². The van der Waals surface area contributed by atoms with Gasteiger partial charge < -0.3 is 3.07 Å². The fraction of sp³-hybridized carbons (Fsp3) is 0.400. The van der Waals surface area contributed by atoms with Crippen molar-refractivity contribution in [1.29, 1.82) is 0 Å². The number of carbonyl (C=O) groups is 1. The fourth-order valence-corrected chi connectivity index (χ4v) is 1.82. The molecule has 3 nitrogen and oxygen atoms in total. The second-order valence-electron chi connectivity index (χ2n) is 4.01. The summed E-state index contributed by atoms with van der Waals surface area (Å²) in [5, 5.41) is 0. The van der Waals surface area contributed by atoms with Crippen LogP contribution in [0.2, 0.25) is 0 Å². The summed E-state index contributed by atoms with van der Waals surface area (Å²) in [6.45, 7) is 3.24. The summed E-state index contributed by atoms with van der Waals surface area (Å²) >= 11 is 1.48. The molecule has 1 aromatic heterocycles. The van der Waals surface area contributed by atoms with E-state index in [1.54, 1.807) is 13.8 Å². The highest BCUT2D eigenvalue weighted by Gasteiger charge is 2.30. The summed E-state index contributed by atoms with van der Waals surface area (Å²) in [4.78, 5) is 14.4. The molecule has 0 N–H and O–H groups in total. The van der Waals surface area contributed by atoms with Crippen LogP contribution < -0.4 is 0 Å². The van der Waals surface area contributed by atoms with Crippen molar-refractivity contribution in [2.45, 2.75) is 20.3 Å². The van der Waals surface area contributed by atoms with Gasteiger partial charge >= 0.3 is 5.97 Å². The van der Waals surface area contributed by atoms with E-state index in [0.717, 1.165) is 6.07 Å². The highest BCUT2D eigenvalue weighted by atomic mass is 127. The molecular formula is C10H10F2INO2. The summed E-state index contributed by atoms with van der Waals surface area (Å²) in [5.41, 5.74) is -0.685. The minimum Gasteiger partial charge on any atom is -0.394 e. The van der Waals surface area contributed by atoms with Gasteiger partial charge in [0.2, 0.25) is 11.9 Å². The molecule has 0 bridgehead atoms. The number of hydrogen-bond acceptors (Lipinski definition) is 3. The maximum Gasteiger partial charge on any atom is 0.321 e. The van der Waals surface area contributed by atoms with Crippen molar-refractivity contribution in [1.82, 2.24) is 4.98 Å². The highest BCUT2D eigenvalue weighted by Crippen LogP contribution is 2.25. The lowest BCUT2D eigenvalue weighted by molar-refractivity contribution is -0.140. The van der Waals surface area contributed by atoms with Gasteiger partial charge in [0.05, 0.1) is 5.41 Å². The third-order valence-corrected chi connectivity index (χ3v) is 2.55. The molecule has 88 valence electrons. The second kappa shape index (κ2) is 5.03. The van der Waals surface area contributed by atoms with Gasteiger partial charge in [-0.3, -0.25) is 4.79 Å². The Morgan fingerprint density at radius 2 is 2.12 bits per heavy atom. The lowest BCUT2D eigenvalue weighted by atomic mass is 9.86. The van der Waals surface area contributed by atoms with E-state index < -0.39 is 23.3 Å². The minimum atomic E-state index is -0.894. The highest BCUT2D eigenvalue weighted by molar-refractivity contribution is 14.1. The molecule has 0 saturated carbocycles. The van der Waals surface area contributed by atoms with Crippen LogP contribution in [0.4, 0.5) is 8.78 Å². The van der Waals surface area contributed by atoms with Crippen LogP contribution in [0.3, 0.4) is 0 Å². The topological polar surface area (TPSA) is 39.2 Å². The largest absolute Gasteiger partial charge is 0.394 e. The molecule has 6 heteroatoms. The van der Waals surface area contributed by atoms with Crippen molar-refractivity contribution in [3.63, 3.8) is 0 Å². The van der Waals surface area contributed by atoms with Gasteiger partial charge in [-0.2, -0.15) is 13.8 Å². The summed E-state index contributed by atoms with van der Waals surface area (Å²) < 4.78 is 30.4. The predicted octanol–water partition coefficient (Wildman–Crippen LogP) is 2.82. The van der Waals surface area contributed by atoms with Gasteiger partial charge in [0.1, 0.15) is 0 Å². The first kappa shape index (κ1) is 13.3. The number of carbonyl (C=O) groups excluding carboxylic acids is 1. The molecule has 0 aromatic carbocycles. The number of aromatic nitrogens is 1. The molecule has 0 aliphatic carbocycles. The van der Waals surface area contributed by atoms with Crippen molar-refractivity contribution in [2.75, 3.05) is 0 Å². The standard InChI is InChI=1S/C10H10F2INO2/c1-10(2,9(15)16-13)5-6-3-4-7(11)14-8(6)12/h3-4H,5H2,1-2H3. The van der Waals surface area contributed by atoms with E-state index >= 15 is 0 Å². The van der Waals surface area contributed by atoms with Crippen LogP contribution in [0.15, 0.2) is 12.1 Å². The van der Waals surface area contributed by atoms with E-state index in [2.05, 4.69) is 8.05 Å². The van der Waals surface area contributed by atoms with Crippen LogP contribution >= 0.6 is 23.0 Å². The zero-order chi connectivity index (χ0) is 12.3. The molecule has 0 aliphatic rings. The van der Waals surface area contributed by atoms with Crippen molar-refractivity contribution in [2.24, 2.45) is 5.41 Å². The van der Waals surface area contributed by atoms with Crippen LogP contribution in [-0.2, 0) is 14.3 Å². The first-order chi connectivity index (χ1) is 7.36. The molecule has 1 aromatic rings. The summed E-state index contributed by atoms with van der Waals surface area (Å²) in [5.74, 6) is -2.23. The Kier molecular flexibility index (Phi) is 4.17. The summed E-state index contributed by atoms with van der Waals surface area (Å²) in [7, 11) is 0. The first-order valence-corrected chi connectivity index (χ1v) is 5.39. The Labute approximate surface area is 106 Å². The van der Waals surface area contributed by atoms with E-state index in [-0.39, 0.29) is 12.0 Å². The van der Waals surface area contributed by atoms with Gasteiger partial charge in [-0.15, -0.1) is 0 Å². The first-order valence-electron chi connectivity index (χ1n) is 4.51. The van der Waals surface area contributed by atoms with E-state index in [4.69, 9.17) is 0 Å². The van der Waals surface area contributed by atoms with E-state index in [9.17, 15) is 13.6 Å². The smallest absolute Gasteiger partial charge is 0.321 e. The van der Waals surface area contributed by atoms with Gasteiger partial charge in [0.15, 0.2) is 23.0 Å². The molecule has 16 heavy (non-hydrogen) atoms. The molecule has 0 saturated heterocycles. The SMILES string of the molecule is CC(C)(Cc1ccc(F)nc1F)C(=O)OI. The third kappa shape index (κ3) is 3.10. The van der Waals surface area contributed by atoms with Crippen LogP contribution in [0, 0.1) is 17.3 Å². The van der Waals surface area contributed by atoms with Gasteiger partial charge in [0.25, 0.3) is 0 Å². The number of hydrogen-bond donors (Lipinski definition) is 0. The third-order valence-electron chi connectivity index (χ3n) is 2.15. The molecular weight excluding hydrogens is 331 g/mol. The Hall–Kier alpha value is -0.790. The maximum atomic E-state index is 13.2. The van der Waals surface area contributed by atoms with Crippen molar-refractivity contribution >= 4 is 29.0 Å². The van der Waals surface area contributed by atoms with Crippen molar-refractivity contribution < 1.29 is 16.6 Å². The Morgan fingerprint density at radius 1 is 1.50 bits per heavy atom. The van der Waals surface area contributed by atoms with Gasteiger partial charge in [0, 0.05) is 5.56 Å². The van der Waals surface area contributed by atoms with Crippen molar-refractivity contribution in [3.05, 3.63) is 29.6 Å². The lowest BCUT2D eigenvalue weighted by Crippen LogP contribution is -2.27. The molecule has 1 rings (SSSR count). The number of halogens is 3. The molecule has 0 spiro atoms. The zero-order valence-electron chi connectivity index (χ0n) is 8.76. The lowest BCUT2D eigenvalue weighted by Gasteiger charge is -2.20. The molecule has 0 atom stereocenters. The average molecular weight is 341 g/mol. The number of pyridine rings is 1. The van der Waals surface area contributed by atoms with E-state index in [1.807, 2.05) is 0 Å². The van der Waals surface area contributed by atoms with Crippen molar-refractivity contribution in [3.8, 4) is 0 Å². The number of nitrogens with zero attached hydrogens (tertiary/aromatic N) is 1. The maximum absolute atomic E-state index is 13.2. The molecule has 0 fully saturated rings. The number of rotatable bonds is 3. The van der Waals surface area contributed by atoms with Gasteiger partial charge in [-0.25, -0.2) is 0 Å². The molecule has 0 radical (unpaired) electrons. The van der Waals surface area contributed by atoms with Crippen LogP contribution in [0.25, 0.3) is 0 Å². The second-order valence-corrected chi connectivity index (χ2v) is 4.45. The molecule has 1 heterocycles. The van der Waals surface area contributed by atoms with Gasteiger partial charge in [-0.05, 0) is 32.4 Å². The normalized spacial score (nSPS) is 11.3.